The van der Waals surface area contributed by atoms with E-state index in [9.17, 15) is 14.0 Å². The molecule has 0 bridgehead atoms. The smallest absolute Gasteiger partial charge is 0.253 e. The molecule has 1 saturated heterocycles. The number of hydrogen-bond acceptors (Lipinski definition) is 3. The fraction of sp³-hybridized carbons (Fsp3) is 0.429. The number of hydrogen-bond donors (Lipinski definition) is 2. The van der Waals surface area contributed by atoms with Gasteiger partial charge < -0.3 is 15.5 Å². The van der Waals surface area contributed by atoms with Gasteiger partial charge in [-0.1, -0.05) is 70.2 Å². The first-order valence-corrected chi connectivity index (χ1v) is 14.8. The predicted molar refractivity (Wildman–Crippen MR) is 166 cm³/mol. The van der Waals surface area contributed by atoms with Crippen molar-refractivity contribution in [2.75, 3.05) is 23.3 Å². The molecule has 6 heteroatoms. The molecule has 4 rings (SSSR count). The number of rotatable bonds is 10. The lowest BCUT2D eigenvalue weighted by Gasteiger charge is -2.35. The topological polar surface area (TPSA) is 61.4 Å². The Balaban J connectivity index is 1.47. The molecular formula is C35H44FN3O2. The third-order valence-electron chi connectivity index (χ3n) is 7.71. The Bertz CT molecular complexity index is 1290. The van der Waals surface area contributed by atoms with Crippen LogP contribution >= 0.6 is 0 Å². The standard InChI is InChI=1S/C35H44FN3O2/c1-25(23-35(2,3)4)20-33(40)38-30-14-15-32(31(22-30)34(41)37-24-28-10-12-29(36)13-11-28)39-18-16-27(17-19-39)21-26-8-6-5-7-9-26/h5-15,22,25,27H,16-21,23-24H2,1-4H3,(H,37,41)(H,38,40). The van der Waals surface area contributed by atoms with E-state index in [-0.39, 0.29) is 29.0 Å². The van der Waals surface area contributed by atoms with Gasteiger partial charge in [-0.15, -0.1) is 0 Å². The number of nitrogens with zero attached hydrogens (tertiary/aromatic N) is 1. The van der Waals surface area contributed by atoms with Gasteiger partial charge in [-0.25, -0.2) is 4.39 Å². The van der Waals surface area contributed by atoms with Gasteiger partial charge in [0.25, 0.3) is 5.91 Å². The number of piperidine rings is 1. The van der Waals surface area contributed by atoms with Gasteiger partial charge >= 0.3 is 0 Å². The molecule has 0 spiro atoms. The molecule has 1 fully saturated rings. The van der Waals surface area contributed by atoms with Gasteiger partial charge in [0, 0.05) is 37.4 Å². The zero-order valence-electron chi connectivity index (χ0n) is 24.9. The number of amides is 2. The Morgan fingerprint density at radius 3 is 2.29 bits per heavy atom. The molecule has 3 aromatic carbocycles. The third kappa shape index (κ3) is 9.44. The van der Waals surface area contributed by atoms with Crippen molar-refractivity contribution in [2.45, 2.75) is 66.3 Å². The summed E-state index contributed by atoms with van der Waals surface area (Å²) in [5.74, 6) is 0.295. The summed E-state index contributed by atoms with van der Waals surface area (Å²) >= 11 is 0. The highest BCUT2D eigenvalue weighted by Gasteiger charge is 2.24. The molecule has 218 valence electrons. The SMILES string of the molecule is CC(CC(=O)Nc1ccc(N2CCC(Cc3ccccc3)CC2)c(C(=O)NCc2ccc(F)cc2)c1)CC(C)(C)C. The maximum atomic E-state index is 13.5. The van der Waals surface area contributed by atoms with Gasteiger partial charge in [-0.05, 0) is 84.4 Å². The Morgan fingerprint density at radius 1 is 0.951 bits per heavy atom. The Morgan fingerprint density at radius 2 is 1.63 bits per heavy atom. The van der Waals surface area contributed by atoms with Crippen molar-refractivity contribution in [1.82, 2.24) is 5.32 Å². The van der Waals surface area contributed by atoms with Crippen LogP contribution in [0.2, 0.25) is 0 Å². The molecule has 1 heterocycles. The van der Waals surface area contributed by atoms with Crippen molar-refractivity contribution in [1.29, 1.82) is 0 Å². The van der Waals surface area contributed by atoms with E-state index in [4.69, 9.17) is 0 Å². The van der Waals surface area contributed by atoms with Crippen LogP contribution in [-0.4, -0.2) is 24.9 Å². The van der Waals surface area contributed by atoms with Crippen LogP contribution in [-0.2, 0) is 17.8 Å². The third-order valence-corrected chi connectivity index (χ3v) is 7.71. The minimum atomic E-state index is -0.307. The number of carbonyl (C=O) groups is 2. The molecule has 0 radical (unpaired) electrons. The maximum Gasteiger partial charge on any atom is 0.253 e. The van der Waals surface area contributed by atoms with Gasteiger partial charge in [0.2, 0.25) is 5.91 Å². The summed E-state index contributed by atoms with van der Waals surface area (Å²) in [4.78, 5) is 28.6. The highest BCUT2D eigenvalue weighted by Crippen LogP contribution is 2.31. The van der Waals surface area contributed by atoms with Crippen LogP contribution in [0.1, 0.15) is 74.9 Å². The molecule has 2 N–H and O–H groups in total. The quantitative estimate of drug-likeness (QED) is 0.270. The lowest BCUT2D eigenvalue weighted by Crippen LogP contribution is -2.36. The zero-order valence-corrected chi connectivity index (χ0v) is 24.9. The minimum Gasteiger partial charge on any atom is -0.371 e. The fourth-order valence-electron chi connectivity index (χ4n) is 5.92. The van der Waals surface area contributed by atoms with Gasteiger partial charge in [-0.3, -0.25) is 9.59 Å². The van der Waals surface area contributed by atoms with Gasteiger partial charge in [0.05, 0.1) is 5.56 Å². The van der Waals surface area contributed by atoms with E-state index >= 15 is 0 Å². The summed E-state index contributed by atoms with van der Waals surface area (Å²) in [7, 11) is 0. The summed E-state index contributed by atoms with van der Waals surface area (Å²) in [5, 5.41) is 6.01. The number of benzene rings is 3. The maximum absolute atomic E-state index is 13.5. The van der Waals surface area contributed by atoms with E-state index in [2.05, 4.69) is 67.5 Å². The van der Waals surface area contributed by atoms with E-state index in [1.807, 2.05) is 18.2 Å². The van der Waals surface area contributed by atoms with Crippen molar-refractivity contribution in [3.05, 3.63) is 95.3 Å². The first kappa shape index (κ1) is 30.3. The monoisotopic (exact) mass is 557 g/mol. The van der Waals surface area contributed by atoms with Crippen LogP contribution in [0.25, 0.3) is 0 Å². The highest BCUT2D eigenvalue weighted by atomic mass is 19.1. The molecule has 0 aromatic heterocycles. The number of halogens is 1. The Labute approximate surface area is 244 Å². The lowest BCUT2D eigenvalue weighted by atomic mass is 9.84. The van der Waals surface area contributed by atoms with Crippen molar-refractivity contribution >= 4 is 23.2 Å². The van der Waals surface area contributed by atoms with Gasteiger partial charge in [0.1, 0.15) is 5.82 Å². The van der Waals surface area contributed by atoms with Crippen LogP contribution in [0.5, 0.6) is 0 Å². The Kier molecular flexibility index (Phi) is 10.2. The molecule has 1 aliphatic rings. The van der Waals surface area contributed by atoms with Crippen molar-refractivity contribution in [2.24, 2.45) is 17.3 Å². The second-order valence-electron chi connectivity index (χ2n) is 12.8. The summed E-state index contributed by atoms with van der Waals surface area (Å²) in [6.07, 6.45) is 4.56. The van der Waals surface area contributed by atoms with E-state index in [1.165, 1.54) is 17.7 Å². The summed E-state index contributed by atoms with van der Waals surface area (Å²) in [6.45, 7) is 10.7. The minimum absolute atomic E-state index is 0.0473. The molecule has 5 nitrogen and oxygen atoms in total. The second kappa shape index (κ2) is 13.8. The first-order chi connectivity index (χ1) is 19.6. The van der Waals surface area contributed by atoms with Crippen LogP contribution in [0.3, 0.4) is 0 Å². The Hall–Kier alpha value is -3.67. The molecule has 3 aromatic rings. The molecule has 0 aliphatic carbocycles. The second-order valence-corrected chi connectivity index (χ2v) is 12.8. The van der Waals surface area contributed by atoms with E-state index in [0.29, 0.717) is 30.1 Å². The highest BCUT2D eigenvalue weighted by molar-refractivity contribution is 6.02. The van der Waals surface area contributed by atoms with E-state index in [0.717, 1.165) is 50.0 Å². The number of anilines is 2. The van der Waals surface area contributed by atoms with Crippen molar-refractivity contribution in [3.8, 4) is 0 Å². The molecule has 2 amide bonds. The summed E-state index contributed by atoms with van der Waals surface area (Å²) in [5.41, 5.74) is 4.37. The summed E-state index contributed by atoms with van der Waals surface area (Å²) < 4.78 is 13.3. The predicted octanol–water partition coefficient (Wildman–Crippen LogP) is 7.62. The molecule has 1 aliphatic heterocycles. The molecule has 41 heavy (non-hydrogen) atoms. The first-order valence-electron chi connectivity index (χ1n) is 14.8. The molecule has 0 saturated carbocycles. The van der Waals surface area contributed by atoms with Crippen molar-refractivity contribution < 1.29 is 14.0 Å². The average Bonchev–Trinajstić information content (AvgIpc) is 2.92. The van der Waals surface area contributed by atoms with Gasteiger partial charge in [0.15, 0.2) is 0 Å². The van der Waals surface area contributed by atoms with Crippen LogP contribution in [0.15, 0.2) is 72.8 Å². The lowest BCUT2D eigenvalue weighted by molar-refractivity contribution is -0.117. The zero-order chi connectivity index (χ0) is 29.4. The van der Waals surface area contributed by atoms with E-state index < -0.39 is 0 Å². The fourth-order valence-corrected chi connectivity index (χ4v) is 5.92. The largest absolute Gasteiger partial charge is 0.371 e. The van der Waals surface area contributed by atoms with Crippen LogP contribution in [0, 0.1) is 23.1 Å². The molecular weight excluding hydrogens is 513 g/mol. The van der Waals surface area contributed by atoms with E-state index in [1.54, 1.807) is 18.2 Å². The van der Waals surface area contributed by atoms with Crippen molar-refractivity contribution in [3.63, 3.8) is 0 Å². The molecule has 1 unspecified atom stereocenters. The van der Waals surface area contributed by atoms with Crippen LogP contribution < -0.4 is 15.5 Å². The number of nitrogens with one attached hydrogen (secondary N) is 2. The number of carbonyl (C=O) groups excluding carboxylic acids is 2. The molecule has 1 atom stereocenters. The van der Waals surface area contributed by atoms with Crippen LogP contribution in [0.4, 0.5) is 15.8 Å². The van der Waals surface area contributed by atoms with Gasteiger partial charge in [-0.2, -0.15) is 0 Å². The average molecular weight is 558 g/mol. The normalized spacial score (nSPS) is 14.9. The summed E-state index contributed by atoms with van der Waals surface area (Å²) in [6, 6.07) is 22.4.